The molecule has 7 heteroatoms. The summed E-state index contributed by atoms with van der Waals surface area (Å²) in [7, 11) is 1.57. The van der Waals surface area contributed by atoms with Crippen molar-refractivity contribution < 1.29 is 18.7 Å². The number of methoxy groups -OCH3 is 1. The molecule has 1 fully saturated rings. The number of benzene rings is 2. The monoisotopic (exact) mass is 446 g/mol. The van der Waals surface area contributed by atoms with Gasteiger partial charge in [0.25, 0.3) is 0 Å². The molecule has 1 saturated carbocycles. The van der Waals surface area contributed by atoms with Crippen molar-refractivity contribution in [3.05, 3.63) is 65.5 Å². The third-order valence-corrected chi connectivity index (χ3v) is 5.85. The smallest absolute Gasteiger partial charge is 0.247 e. The number of hydrogen-bond donors (Lipinski definition) is 1. The van der Waals surface area contributed by atoms with Crippen LogP contribution in [0.1, 0.15) is 49.3 Å². The minimum atomic E-state index is -0.917. The molecule has 0 saturated heterocycles. The maximum atomic E-state index is 13.6. The van der Waals surface area contributed by atoms with E-state index in [0.717, 1.165) is 31.2 Å². The van der Waals surface area contributed by atoms with Crippen LogP contribution in [-0.2, 0) is 16.1 Å². The zero-order chi connectivity index (χ0) is 22.2. The number of carbonyl (C=O) groups excluding carboxylic acids is 2. The number of carbonyl (C=O) groups is 2. The first-order valence-corrected chi connectivity index (χ1v) is 11.1. The summed E-state index contributed by atoms with van der Waals surface area (Å²) in [5.74, 6) is -0.672. The number of halogens is 2. The average molecular weight is 447 g/mol. The van der Waals surface area contributed by atoms with Gasteiger partial charge in [-0.3, -0.25) is 9.59 Å². The quantitative estimate of drug-likeness (QED) is 0.603. The van der Waals surface area contributed by atoms with Gasteiger partial charge in [-0.15, -0.1) is 11.6 Å². The van der Waals surface area contributed by atoms with Crippen LogP contribution in [0, 0.1) is 5.82 Å². The molecule has 1 N–H and O–H groups in total. The Morgan fingerprint density at radius 1 is 1.16 bits per heavy atom. The number of rotatable bonds is 8. The largest absolute Gasteiger partial charge is 0.497 e. The van der Waals surface area contributed by atoms with Gasteiger partial charge in [0.15, 0.2) is 0 Å². The molecule has 1 aliphatic carbocycles. The Hall–Kier alpha value is -2.60. The second-order valence-corrected chi connectivity index (χ2v) is 8.07. The van der Waals surface area contributed by atoms with Gasteiger partial charge in [-0.1, -0.05) is 43.5 Å². The summed E-state index contributed by atoms with van der Waals surface area (Å²) in [5, 5.41) is 3.11. The molecule has 0 aliphatic heterocycles. The van der Waals surface area contributed by atoms with E-state index in [1.165, 1.54) is 23.5 Å². The molecule has 0 radical (unpaired) electrons. The highest BCUT2D eigenvalue weighted by atomic mass is 35.5. The van der Waals surface area contributed by atoms with Crippen LogP contribution in [0.15, 0.2) is 48.5 Å². The maximum Gasteiger partial charge on any atom is 0.247 e. The molecular formula is C24H28ClFN2O3. The van der Waals surface area contributed by atoms with E-state index in [1.54, 1.807) is 19.2 Å². The van der Waals surface area contributed by atoms with Crippen LogP contribution in [0.5, 0.6) is 5.75 Å². The molecule has 166 valence electrons. The lowest BCUT2D eigenvalue weighted by Gasteiger charge is -2.33. The van der Waals surface area contributed by atoms with Crippen molar-refractivity contribution in [2.75, 3.05) is 13.0 Å². The van der Waals surface area contributed by atoms with Gasteiger partial charge in [0.2, 0.25) is 11.8 Å². The van der Waals surface area contributed by atoms with E-state index in [4.69, 9.17) is 16.3 Å². The van der Waals surface area contributed by atoms with Gasteiger partial charge in [0.1, 0.15) is 23.5 Å². The van der Waals surface area contributed by atoms with Crippen molar-refractivity contribution in [2.45, 2.75) is 50.7 Å². The minimum Gasteiger partial charge on any atom is -0.497 e. The fraction of sp³-hybridized carbons (Fsp3) is 0.417. The van der Waals surface area contributed by atoms with Gasteiger partial charge in [0, 0.05) is 12.6 Å². The van der Waals surface area contributed by atoms with Crippen molar-refractivity contribution in [3.8, 4) is 5.75 Å². The first-order chi connectivity index (χ1) is 15.0. The number of hydrogen-bond acceptors (Lipinski definition) is 3. The third-order valence-electron chi connectivity index (χ3n) is 5.62. The molecule has 2 aromatic carbocycles. The number of alkyl halides is 1. The fourth-order valence-corrected chi connectivity index (χ4v) is 4.17. The van der Waals surface area contributed by atoms with Crippen molar-refractivity contribution in [1.82, 2.24) is 10.2 Å². The summed E-state index contributed by atoms with van der Waals surface area (Å²) in [5.41, 5.74) is 1.34. The molecule has 0 aromatic heterocycles. The number of nitrogens with one attached hydrogen (secondary N) is 1. The minimum absolute atomic E-state index is 0.0778. The Labute approximate surface area is 187 Å². The van der Waals surface area contributed by atoms with Crippen LogP contribution < -0.4 is 10.1 Å². The number of ether oxygens (including phenoxy) is 1. The standard InChI is InChI=1S/C24H28ClFN2O3/c1-31-21-9-5-6-17(14-21)16-28(22(29)15-25)23(18-10-12-19(26)13-11-18)24(30)27-20-7-3-2-4-8-20/h5-6,9-14,20,23H,2-4,7-8,15-16H2,1H3,(H,27,30). The molecule has 1 atom stereocenters. The van der Waals surface area contributed by atoms with Gasteiger partial charge >= 0.3 is 0 Å². The Kier molecular flexibility index (Phi) is 8.29. The summed E-state index contributed by atoms with van der Waals surface area (Å²) in [6.07, 6.45) is 5.14. The molecule has 3 rings (SSSR count). The topological polar surface area (TPSA) is 58.6 Å². The van der Waals surface area contributed by atoms with Crippen LogP contribution in [0.2, 0.25) is 0 Å². The Bertz CT molecular complexity index is 885. The summed E-state index contributed by atoms with van der Waals surface area (Å²) in [4.78, 5) is 27.7. The van der Waals surface area contributed by atoms with Crippen LogP contribution >= 0.6 is 11.6 Å². The van der Waals surface area contributed by atoms with Gasteiger partial charge < -0.3 is 15.0 Å². The number of nitrogens with zero attached hydrogens (tertiary/aromatic N) is 1. The van der Waals surface area contributed by atoms with E-state index in [1.807, 2.05) is 24.3 Å². The van der Waals surface area contributed by atoms with E-state index in [-0.39, 0.29) is 30.3 Å². The predicted molar refractivity (Wildman–Crippen MR) is 118 cm³/mol. The predicted octanol–water partition coefficient (Wildman–Crippen LogP) is 4.59. The summed E-state index contributed by atoms with van der Waals surface area (Å²) >= 11 is 5.92. The highest BCUT2D eigenvalue weighted by Crippen LogP contribution is 2.27. The molecule has 0 spiro atoms. The Morgan fingerprint density at radius 3 is 2.52 bits per heavy atom. The summed E-state index contributed by atoms with van der Waals surface area (Å²) < 4.78 is 18.8. The molecule has 2 aromatic rings. The molecular weight excluding hydrogens is 419 g/mol. The third kappa shape index (κ3) is 6.20. The Balaban J connectivity index is 1.94. The highest BCUT2D eigenvalue weighted by Gasteiger charge is 2.32. The van der Waals surface area contributed by atoms with Crippen molar-refractivity contribution in [3.63, 3.8) is 0 Å². The highest BCUT2D eigenvalue weighted by molar-refractivity contribution is 6.27. The first-order valence-electron chi connectivity index (χ1n) is 10.6. The molecule has 1 unspecified atom stereocenters. The second-order valence-electron chi connectivity index (χ2n) is 7.80. The van der Waals surface area contributed by atoms with Crippen LogP contribution in [0.25, 0.3) is 0 Å². The van der Waals surface area contributed by atoms with Gasteiger partial charge in [-0.2, -0.15) is 0 Å². The molecule has 0 bridgehead atoms. The van der Waals surface area contributed by atoms with Crippen molar-refractivity contribution in [2.24, 2.45) is 0 Å². The SMILES string of the molecule is COc1cccc(CN(C(=O)CCl)C(C(=O)NC2CCCCC2)c2ccc(F)cc2)c1. The lowest BCUT2D eigenvalue weighted by atomic mass is 9.94. The summed E-state index contributed by atoms with van der Waals surface area (Å²) in [6, 6.07) is 12.1. The molecule has 5 nitrogen and oxygen atoms in total. The van der Waals surface area contributed by atoms with Crippen LogP contribution in [0.4, 0.5) is 4.39 Å². The molecule has 1 aliphatic rings. The van der Waals surface area contributed by atoms with Gasteiger partial charge in [-0.05, 0) is 48.2 Å². The lowest BCUT2D eigenvalue weighted by molar-refractivity contribution is -0.140. The first kappa shape index (κ1) is 23.1. The van der Waals surface area contributed by atoms with Crippen molar-refractivity contribution >= 4 is 23.4 Å². The molecule has 0 heterocycles. The number of amides is 2. The zero-order valence-corrected chi connectivity index (χ0v) is 18.4. The average Bonchev–Trinajstić information content (AvgIpc) is 2.80. The van der Waals surface area contributed by atoms with Crippen LogP contribution in [0.3, 0.4) is 0 Å². The fourth-order valence-electron chi connectivity index (χ4n) is 4.01. The lowest BCUT2D eigenvalue weighted by Crippen LogP contribution is -2.47. The van der Waals surface area contributed by atoms with Crippen molar-refractivity contribution in [1.29, 1.82) is 0 Å². The summed E-state index contributed by atoms with van der Waals surface area (Å²) in [6.45, 7) is 0.170. The molecule has 31 heavy (non-hydrogen) atoms. The van der Waals surface area contributed by atoms with E-state index < -0.39 is 11.9 Å². The molecule has 2 amide bonds. The normalized spacial score (nSPS) is 15.2. The second kappa shape index (κ2) is 11.1. The Morgan fingerprint density at radius 2 is 1.87 bits per heavy atom. The van der Waals surface area contributed by atoms with Gasteiger partial charge in [0.05, 0.1) is 7.11 Å². The van der Waals surface area contributed by atoms with E-state index >= 15 is 0 Å². The van der Waals surface area contributed by atoms with E-state index in [9.17, 15) is 14.0 Å². The van der Waals surface area contributed by atoms with E-state index in [2.05, 4.69) is 5.32 Å². The van der Waals surface area contributed by atoms with E-state index in [0.29, 0.717) is 11.3 Å². The zero-order valence-electron chi connectivity index (χ0n) is 17.7. The van der Waals surface area contributed by atoms with Gasteiger partial charge in [-0.25, -0.2) is 4.39 Å². The maximum absolute atomic E-state index is 13.6. The van der Waals surface area contributed by atoms with Crippen LogP contribution in [-0.4, -0.2) is 35.7 Å².